The lowest BCUT2D eigenvalue weighted by Gasteiger charge is -2.27. The van der Waals surface area contributed by atoms with E-state index in [9.17, 15) is 0 Å². The molecule has 1 aromatic rings. The van der Waals surface area contributed by atoms with Gasteiger partial charge in [0.15, 0.2) is 0 Å². The smallest absolute Gasteiger partial charge is 0.0234 e. The van der Waals surface area contributed by atoms with E-state index in [4.69, 9.17) is 0 Å². The summed E-state index contributed by atoms with van der Waals surface area (Å²) in [6.45, 7) is 3.35. The number of nitrogens with zero attached hydrogens (tertiary/aromatic N) is 1. The van der Waals surface area contributed by atoms with Crippen LogP contribution in [0.15, 0.2) is 24.3 Å². The van der Waals surface area contributed by atoms with E-state index in [2.05, 4.69) is 41.5 Å². The van der Waals surface area contributed by atoms with Crippen molar-refractivity contribution >= 4 is 0 Å². The molecule has 0 radical (unpaired) electrons. The molecule has 0 amide bonds. The van der Waals surface area contributed by atoms with Crippen LogP contribution in [0.3, 0.4) is 0 Å². The summed E-state index contributed by atoms with van der Waals surface area (Å²) in [6.07, 6.45) is 6.03. The minimum Gasteiger partial charge on any atom is -0.316 e. The van der Waals surface area contributed by atoms with Crippen LogP contribution in [0.1, 0.15) is 36.8 Å². The first-order chi connectivity index (χ1) is 9.76. The summed E-state index contributed by atoms with van der Waals surface area (Å²) in [6, 6.07) is 8.84. The molecular formula is C18H28N2. The molecule has 2 bridgehead atoms. The molecule has 1 N–H and O–H groups in total. The van der Waals surface area contributed by atoms with Gasteiger partial charge in [-0.2, -0.15) is 0 Å². The predicted molar refractivity (Wildman–Crippen MR) is 84.5 cm³/mol. The van der Waals surface area contributed by atoms with Crippen LogP contribution < -0.4 is 5.32 Å². The molecular weight excluding hydrogens is 244 g/mol. The van der Waals surface area contributed by atoms with Crippen LogP contribution in [0.25, 0.3) is 0 Å². The first-order valence-electron chi connectivity index (χ1n) is 8.16. The number of benzene rings is 1. The predicted octanol–water partition coefficient (Wildman–Crippen LogP) is 3.27. The van der Waals surface area contributed by atoms with E-state index in [0.29, 0.717) is 0 Å². The molecule has 20 heavy (non-hydrogen) atoms. The first kappa shape index (κ1) is 14.1. The van der Waals surface area contributed by atoms with E-state index in [1.165, 1.54) is 43.4 Å². The molecule has 0 aromatic heterocycles. The van der Waals surface area contributed by atoms with Gasteiger partial charge >= 0.3 is 0 Å². The average molecular weight is 272 g/mol. The number of fused-ring (bicyclic) bond motifs is 2. The molecule has 3 unspecified atom stereocenters. The minimum atomic E-state index is 0.968. The highest BCUT2D eigenvalue weighted by Crippen LogP contribution is 2.48. The summed E-state index contributed by atoms with van der Waals surface area (Å²) >= 11 is 0. The van der Waals surface area contributed by atoms with Crippen molar-refractivity contribution in [3.63, 3.8) is 0 Å². The Bertz CT molecular complexity index is 443. The first-order valence-corrected chi connectivity index (χ1v) is 8.16. The molecule has 2 saturated carbocycles. The largest absolute Gasteiger partial charge is 0.316 e. The third-order valence-corrected chi connectivity index (χ3v) is 5.36. The Kier molecular flexibility index (Phi) is 4.42. The Morgan fingerprint density at radius 3 is 2.60 bits per heavy atom. The lowest BCUT2D eigenvalue weighted by atomic mass is 9.88. The van der Waals surface area contributed by atoms with Crippen molar-refractivity contribution in [3.05, 3.63) is 35.4 Å². The summed E-state index contributed by atoms with van der Waals surface area (Å²) in [5.74, 6) is 3.07. The van der Waals surface area contributed by atoms with E-state index >= 15 is 0 Å². The minimum absolute atomic E-state index is 0.968. The monoisotopic (exact) mass is 272 g/mol. The Hall–Kier alpha value is -0.860. The van der Waals surface area contributed by atoms with Gasteiger partial charge in [0.05, 0.1) is 0 Å². The molecule has 2 aliphatic carbocycles. The van der Waals surface area contributed by atoms with Gasteiger partial charge in [-0.3, -0.25) is 0 Å². The second kappa shape index (κ2) is 6.28. The van der Waals surface area contributed by atoms with E-state index in [1.54, 1.807) is 0 Å². The molecule has 3 atom stereocenters. The number of rotatable bonds is 6. The highest BCUT2D eigenvalue weighted by Gasteiger charge is 2.39. The number of hydrogen-bond acceptors (Lipinski definition) is 2. The molecule has 0 saturated heterocycles. The highest BCUT2D eigenvalue weighted by atomic mass is 15.1. The van der Waals surface area contributed by atoms with Crippen LogP contribution in [0, 0.1) is 17.8 Å². The van der Waals surface area contributed by atoms with Gasteiger partial charge in [0.2, 0.25) is 0 Å². The maximum Gasteiger partial charge on any atom is 0.0234 e. The lowest BCUT2D eigenvalue weighted by Crippen LogP contribution is -2.29. The van der Waals surface area contributed by atoms with Crippen LogP contribution >= 0.6 is 0 Å². The van der Waals surface area contributed by atoms with Crippen molar-refractivity contribution < 1.29 is 0 Å². The second-order valence-corrected chi connectivity index (χ2v) is 6.93. The molecule has 1 aromatic carbocycles. The molecule has 2 nitrogen and oxygen atoms in total. The maximum absolute atomic E-state index is 3.27. The molecule has 2 aliphatic rings. The molecule has 2 fully saturated rings. The van der Waals surface area contributed by atoms with Gasteiger partial charge in [0, 0.05) is 19.6 Å². The van der Waals surface area contributed by atoms with Gasteiger partial charge < -0.3 is 10.2 Å². The molecule has 110 valence electrons. The van der Waals surface area contributed by atoms with Crippen molar-refractivity contribution in [2.24, 2.45) is 17.8 Å². The van der Waals surface area contributed by atoms with Gasteiger partial charge in [-0.05, 0) is 62.2 Å². The fourth-order valence-corrected chi connectivity index (χ4v) is 4.43. The van der Waals surface area contributed by atoms with Gasteiger partial charge in [-0.1, -0.05) is 30.7 Å². The van der Waals surface area contributed by atoms with Crippen LogP contribution in [0.4, 0.5) is 0 Å². The summed E-state index contributed by atoms with van der Waals surface area (Å²) in [5.41, 5.74) is 2.92. The Balaban J connectivity index is 1.57. The van der Waals surface area contributed by atoms with Crippen LogP contribution in [0.2, 0.25) is 0 Å². The zero-order chi connectivity index (χ0) is 13.9. The maximum atomic E-state index is 3.27. The summed E-state index contributed by atoms with van der Waals surface area (Å²) in [5, 5.41) is 3.27. The number of hydrogen-bond donors (Lipinski definition) is 1. The molecule has 3 rings (SSSR count). The molecule has 0 spiro atoms. The Labute approximate surface area is 123 Å². The molecule has 2 heteroatoms. The molecule has 0 aliphatic heterocycles. The van der Waals surface area contributed by atoms with E-state index in [1.807, 2.05) is 7.05 Å². The highest BCUT2D eigenvalue weighted by molar-refractivity contribution is 5.26. The summed E-state index contributed by atoms with van der Waals surface area (Å²) in [7, 11) is 4.32. The van der Waals surface area contributed by atoms with Crippen molar-refractivity contribution in [3.8, 4) is 0 Å². The lowest BCUT2D eigenvalue weighted by molar-refractivity contribution is 0.214. The third kappa shape index (κ3) is 3.07. The standard InChI is InChI=1S/C18H28N2/c1-19-11-16-5-3-4-6-17(16)12-20(2)13-18-10-14-7-8-15(18)9-14/h3-6,14-15,18-19H,7-13H2,1-2H3. The summed E-state index contributed by atoms with van der Waals surface area (Å²) < 4.78 is 0. The average Bonchev–Trinajstić information content (AvgIpc) is 3.03. The zero-order valence-corrected chi connectivity index (χ0v) is 12.9. The molecule has 0 heterocycles. The van der Waals surface area contributed by atoms with Crippen LogP contribution in [0.5, 0.6) is 0 Å². The quantitative estimate of drug-likeness (QED) is 0.855. The fraction of sp³-hybridized carbons (Fsp3) is 0.667. The van der Waals surface area contributed by atoms with E-state index < -0.39 is 0 Å². The van der Waals surface area contributed by atoms with E-state index in [-0.39, 0.29) is 0 Å². The van der Waals surface area contributed by atoms with Crippen molar-refractivity contribution in [1.82, 2.24) is 10.2 Å². The topological polar surface area (TPSA) is 15.3 Å². The fourth-order valence-electron chi connectivity index (χ4n) is 4.43. The van der Waals surface area contributed by atoms with E-state index in [0.717, 1.165) is 30.8 Å². The van der Waals surface area contributed by atoms with Crippen molar-refractivity contribution in [2.75, 3.05) is 20.6 Å². The van der Waals surface area contributed by atoms with Gasteiger partial charge in [0.1, 0.15) is 0 Å². The Morgan fingerprint density at radius 1 is 1.15 bits per heavy atom. The van der Waals surface area contributed by atoms with Crippen molar-refractivity contribution in [1.29, 1.82) is 0 Å². The SMILES string of the molecule is CNCc1ccccc1CN(C)CC1CC2CCC1C2. The van der Waals surface area contributed by atoms with Crippen molar-refractivity contribution in [2.45, 2.75) is 38.8 Å². The van der Waals surface area contributed by atoms with Crippen LogP contribution in [-0.4, -0.2) is 25.5 Å². The van der Waals surface area contributed by atoms with Gasteiger partial charge in [-0.15, -0.1) is 0 Å². The zero-order valence-electron chi connectivity index (χ0n) is 12.9. The van der Waals surface area contributed by atoms with Gasteiger partial charge in [-0.25, -0.2) is 0 Å². The normalized spacial score (nSPS) is 28.4. The number of nitrogens with one attached hydrogen (secondary N) is 1. The summed E-state index contributed by atoms with van der Waals surface area (Å²) in [4.78, 5) is 2.54. The van der Waals surface area contributed by atoms with Crippen LogP contribution in [-0.2, 0) is 13.1 Å². The second-order valence-electron chi connectivity index (χ2n) is 6.93. The van der Waals surface area contributed by atoms with Gasteiger partial charge in [0.25, 0.3) is 0 Å². The Morgan fingerprint density at radius 2 is 1.95 bits per heavy atom. The third-order valence-electron chi connectivity index (χ3n) is 5.36.